The lowest BCUT2D eigenvalue weighted by Crippen LogP contribution is -2.33. The van der Waals surface area contributed by atoms with Crippen LogP contribution in [0.15, 0.2) is 31.4 Å². The van der Waals surface area contributed by atoms with Crippen molar-refractivity contribution in [2.24, 2.45) is 0 Å². The second-order valence-corrected chi connectivity index (χ2v) is 5.15. The normalized spacial score (nSPS) is 15.1. The lowest BCUT2D eigenvalue weighted by molar-refractivity contribution is 0.311. The summed E-state index contributed by atoms with van der Waals surface area (Å²) in [7, 11) is 0. The van der Waals surface area contributed by atoms with Gasteiger partial charge in [-0.05, 0) is 62.9 Å². The predicted octanol–water partition coefficient (Wildman–Crippen LogP) is 3.29. The first kappa shape index (κ1) is 15.9. The molecule has 1 fully saturated rings. The smallest absolute Gasteiger partial charge is 0.0480 e. The van der Waals surface area contributed by atoms with Crippen molar-refractivity contribution in [3.8, 4) is 0 Å². The molecule has 1 aliphatic heterocycles. The summed E-state index contributed by atoms with van der Waals surface area (Å²) in [5.41, 5.74) is 4.24. The maximum absolute atomic E-state index is 3.54. The van der Waals surface area contributed by atoms with E-state index in [1.54, 1.807) is 0 Å². The van der Waals surface area contributed by atoms with Crippen molar-refractivity contribution in [3.63, 3.8) is 0 Å². The minimum atomic E-state index is 1.06. The van der Waals surface area contributed by atoms with Gasteiger partial charge < -0.3 is 5.32 Å². The molecule has 1 heterocycles. The van der Waals surface area contributed by atoms with E-state index >= 15 is 0 Å². The maximum atomic E-state index is 3.54. The minimum Gasteiger partial charge on any atom is -0.304 e. The first-order valence-corrected chi connectivity index (χ1v) is 7.25. The number of aryl methyl sites for hydroxylation is 2. The number of benzene rings is 1. The van der Waals surface area contributed by atoms with Crippen molar-refractivity contribution in [2.75, 3.05) is 26.3 Å². The molecule has 2 rings (SSSR count). The Kier molecular flexibility index (Phi) is 7.46. The van der Waals surface area contributed by atoms with Crippen molar-refractivity contribution in [1.29, 1.82) is 0 Å². The van der Waals surface area contributed by atoms with E-state index < -0.39 is 0 Å². The third-order valence-corrected chi connectivity index (χ3v) is 3.70. The highest BCUT2D eigenvalue weighted by molar-refractivity contribution is 5.29. The Morgan fingerprint density at radius 2 is 1.79 bits per heavy atom. The van der Waals surface area contributed by atoms with Gasteiger partial charge in [-0.25, -0.2) is 0 Å². The number of hydrogen-bond donors (Lipinski definition) is 1. The van der Waals surface area contributed by atoms with E-state index in [-0.39, 0.29) is 0 Å². The Bertz CT molecular complexity index is 368. The standard InChI is InChI=1S/C15H24N2.C2H4/c1-13-5-6-15(11-14(13)2)7-8-16-12-17-9-3-4-10-17;1-2/h5-6,11,16H,3-4,7-10,12H2,1-2H3;1-2H2. The molecule has 0 bridgehead atoms. The molecule has 0 aromatic heterocycles. The van der Waals surface area contributed by atoms with Gasteiger partial charge in [0, 0.05) is 13.2 Å². The summed E-state index contributed by atoms with van der Waals surface area (Å²) < 4.78 is 0. The van der Waals surface area contributed by atoms with E-state index in [0.29, 0.717) is 0 Å². The minimum absolute atomic E-state index is 1.06. The fourth-order valence-corrected chi connectivity index (χ4v) is 2.37. The zero-order valence-corrected chi connectivity index (χ0v) is 12.5. The molecule has 1 aromatic carbocycles. The number of rotatable bonds is 5. The third-order valence-electron chi connectivity index (χ3n) is 3.70. The number of nitrogens with zero attached hydrogens (tertiary/aromatic N) is 1. The molecule has 0 radical (unpaired) electrons. The molecule has 0 amide bonds. The molecule has 106 valence electrons. The monoisotopic (exact) mass is 260 g/mol. The molecule has 0 unspecified atom stereocenters. The summed E-state index contributed by atoms with van der Waals surface area (Å²) in [6, 6.07) is 6.79. The van der Waals surface area contributed by atoms with Crippen LogP contribution in [-0.2, 0) is 6.42 Å². The predicted molar refractivity (Wildman–Crippen MR) is 84.6 cm³/mol. The largest absolute Gasteiger partial charge is 0.304 e. The lowest BCUT2D eigenvalue weighted by atomic mass is 10.0. The summed E-state index contributed by atoms with van der Waals surface area (Å²) in [6.45, 7) is 15.1. The molecule has 0 saturated carbocycles. The van der Waals surface area contributed by atoms with Crippen molar-refractivity contribution < 1.29 is 0 Å². The topological polar surface area (TPSA) is 15.3 Å². The van der Waals surface area contributed by atoms with Crippen molar-refractivity contribution in [2.45, 2.75) is 33.1 Å². The van der Waals surface area contributed by atoms with Gasteiger partial charge in [-0.15, -0.1) is 13.2 Å². The quantitative estimate of drug-likeness (QED) is 0.645. The van der Waals surface area contributed by atoms with Gasteiger partial charge in [0.15, 0.2) is 0 Å². The maximum Gasteiger partial charge on any atom is 0.0480 e. The highest BCUT2D eigenvalue weighted by Crippen LogP contribution is 2.10. The summed E-state index contributed by atoms with van der Waals surface area (Å²) in [5.74, 6) is 0. The van der Waals surface area contributed by atoms with Gasteiger partial charge >= 0.3 is 0 Å². The average Bonchev–Trinajstić information content (AvgIpc) is 2.94. The van der Waals surface area contributed by atoms with Crippen LogP contribution in [-0.4, -0.2) is 31.2 Å². The summed E-state index contributed by atoms with van der Waals surface area (Å²) >= 11 is 0. The first-order chi connectivity index (χ1) is 9.25. The number of likely N-dealkylation sites (tertiary alicyclic amines) is 1. The zero-order valence-electron chi connectivity index (χ0n) is 12.5. The van der Waals surface area contributed by atoms with Crippen molar-refractivity contribution >= 4 is 0 Å². The van der Waals surface area contributed by atoms with E-state index in [1.165, 1.54) is 42.6 Å². The Hall–Kier alpha value is -1.12. The average molecular weight is 260 g/mol. The van der Waals surface area contributed by atoms with Gasteiger partial charge in [-0.1, -0.05) is 18.2 Å². The van der Waals surface area contributed by atoms with Crippen LogP contribution in [0, 0.1) is 13.8 Å². The van der Waals surface area contributed by atoms with Crippen molar-refractivity contribution in [1.82, 2.24) is 10.2 Å². The van der Waals surface area contributed by atoms with Crippen LogP contribution in [0.3, 0.4) is 0 Å². The molecular weight excluding hydrogens is 232 g/mol. The van der Waals surface area contributed by atoms with Gasteiger partial charge in [0.2, 0.25) is 0 Å². The molecule has 0 atom stereocenters. The SMILES string of the molecule is C=C.Cc1ccc(CCNCN2CCCC2)cc1C. The molecule has 2 nitrogen and oxygen atoms in total. The summed E-state index contributed by atoms with van der Waals surface area (Å²) in [6.07, 6.45) is 3.88. The molecule has 2 heteroatoms. The lowest BCUT2D eigenvalue weighted by Gasteiger charge is -2.15. The van der Waals surface area contributed by atoms with Crippen LogP contribution in [0.25, 0.3) is 0 Å². The first-order valence-electron chi connectivity index (χ1n) is 7.25. The third kappa shape index (κ3) is 5.58. The highest BCUT2D eigenvalue weighted by atomic mass is 15.2. The number of hydrogen-bond acceptors (Lipinski definition) is 2. The van der Waals surface area contributed by atoms with Gasteiger partial charge in [-0.2, -0.15) is 0 Å². The molecule has 1 aliphatic rings. The van der Waals surface area contributed by atoms with Gasteiger partial charge in [-0.3, -0.25) is 4.90 Å². The van der Waals surface area contributed by atoms with E-state index in [2.05, 4.69) is 55.4 Å². The fraction of sp³-hybridized carbons (Fsp3) is 0.529. The van der Waals surface area contributed by atoms with Crippen LogP contribution >= 0.6 is 0 Å². The molecule has 0 aliphatic carbocycles. The van der Waals surface area contributed by atoms with Crippen molar-refractivity contribution in [3.05, 3.63) is 48.0 Å². The van der Waals surface area contributed by atoms with Crippen LogP contribution in [0.5, 0.6) is 0 Å². The fourth-order valence-electron chi connectivity index (χ4n) is 2.37. The van der Waals surface area contributed by atoms with Crippen LogP contribution in [0.2, 0.25) is 0 Å². The van der Waals surface area contributed by atoms with E-state index in [4.69, 9.17) is 0 Å². The second kappa shape index (κ2) is 8.89. The summed E-state index contributed by atoms with van der Waals surface area (Å²) in [4.78, 5) is 2.50. The van der Waals surface area contributed by atoms with Crippen LogP contribution in [0.4, 0.5) is 0 Å². The molecule has 0 spiro atoms. The summed E-state index contributed by atoms with van der Waals surface area (Å²) in [5, 5.41) is 3.54. The zero-order chi connectivity index (χ0) is 14.1. The molecular formula is C17H28N2. The van der Waals surface area contributed by atoms with Crippen LogP contribution in [0.1, 0.15) is 29.5 Å². The van der Waals surface area contributed by atoms with E-state index in [9.17, 15) is 0 Å². The Morgan fingerprint density at radius 1 is 1.11 bits per heavy atom. The highest BCUT2D eigenvalue weighted by Gasteiger charge is 2.09. The number of nitrogens with one attached hydrogen (secondary N) is 1. The Labute approximate surface area is 118 Å². The Morgan fingerprint density at radius 3 is 2.42 bits per heavy atom. The molecule has 19 heavy (non-hydrogen) atoms. The Balaban J connectivity index is 0.000000861. The molecule has 1 aromatic rings. The van der Waals surface area contributed by atoms with Crippen LogP contribution < -0.4 is 5.32 Å². The van der Waals surface area contributed by atoms with E-state index in [1.807, 2.05) is 0 Å². The van der Waals surface area contributed by atoms with Gasteiger partial charge in [0.1, 0.15) is 0 Å². The van der Waals surface area contributed by atoms with Gasteiger partial charge in [0.25, 0.3) is 0 Å². The van der Waals surface area contributed by atoms with E-state index in [0.717, 1.165) is 19.6 Å². The van der Waals surface area contributed by atoms with Gasteiger partial charge in [0.05, 0.1) is 0 Å². The molecule has 1 N–H and O–H groups in total. The molecule has 1 saturated heterocycles. The second-order valence-electron chi connectivity index (χ2n) is 5.15.